The van der Waals surface area contributed by atoms with E-state index in [1.54, 1.807) is 11.1 Å². The minimum atomic E-state index is 0.132. The van der Waals surface area contributed by atoms with Gasteiger partial charge in [-0.2, -0.15) is 0 Å². The van der Waals surface area contributed by atoms with Crippen molar-refractivity contribution >= 4 is 38.9 Å². The van der Waals surface area contributed by atoms with Crippen LogP contribution in [-0.2, 0) is 5.41 Å². The normalized spacial score (nSPS) is 22.1. The maximum absolute atomic E-state index is 2.57. The average Bonchev–Trinajstić information content (AvgIpc) is 3.79. The summed E-state index contributed by atoms with van der Waals surface area (Å²) in [5.74, 6) is 3.31. The summed E-state index contributed by atoms with van der Waals surface area (Å²) < 4.78 is 2.42. The molecule has 0 unspecified atom stereocenters. The van der Waals surface area contributed by atoms with Crippen molar-refractivity contribution in [2.75, 3.05) is 4.90 Å². The summed E-state index contributed by atoms with van der Waals surface area (Å²) in [5, 5.41) is 2.51. The van der Waals surface area contributed by atoms with Gasteiger partial charge in [0.2, 0.25) is 0 Å². The van der Waals surface area contributed by atoms with Gasteiger partial charge in [-0.3, -0.25) is 0 Å². The van der Waals surface area contributed by atoms with E-state index in [0.717, 1.165) is 29.4 Å². The molecule has 0 amide bonds. The lowest BCUT2D eigenvalue weighted by Crippen LogP contribution is -2.55. The van der Waals surface area contributed by atoms with Gasteiger partial charge in [-0.15, -0.1) is 0 Å². The van der Waals surface area contributed by atoms with E-state index in [1.165, 1.54) is 104 Å². The van der Waals surface area contributed by atoms with Gasteiger partial charge in [0.05, 0.1) is 16.7 Å². The van der Waals surface area contributed by atoms with Crippen molar-refractivity contribution in [2.45, 2.75) is 37.5 Å². The lowest BCUT2D eigenvalue weighted by Gasteiger charge is -2.61. The molecule has 1 aromatic heterocycles. The zero-order valence-corrected chi connectivity index (χ0v) is 33.7. The molecule has 0 aliphatic heterocycles. The summed E-state index contributed by atoms with van der Waals surface area (Å²) in [7, 11) is 0. The molecule has 1 spiro atoms. The zero-order valence-electron chi connectivity index (χ0n) is 33.7. The van der Waals surface area contributed by atoms with Crippen molar-refractivity contribution in [3.8, 4) is 39.1 Å². The Morgan fingerprint density at radius 1 is 0.400 bits per heavy atom. The van der Waals surface area contributed by atoms with E-state index in [0.29, 0.717) is 0 Å². The lowest BCUT2D eigenvalue weighted by molar-refractivity contribution is -0.0399. The fourth-order valence-corrected chi connectivity index (χ4v) is 13.1. The van der Waals surface area contributed by atoms with Gasteiger partial charge in [0.25, 0.3) is 0 Å². The fraction of sp³-hybridized carbons (Fsp3) is 0.172. The van der Waals surface area contributed by atoms with Crippen LogP contribution in [0.2, 0.25) is 0 Å². The Morgan fingerprint density at radius 3 is 1.77 bits per heavy atom. The van der Waals surface area contributed by atoms with Crippen LogP contribution in [0, 0.1) is 23.7 Å². The smallest absolute Gasteiger partial charge is 0.0542 e. The van der Waals surface area contributed by atoms with E-state index >= 15 is 0 Å². The Bertz CT molecular complexity index is 3080. The minimum absolute atomic E-state index is 0.132. The minimum Gasteiger partial charge on any atom is -0.310 e. The summed E-state index contributed by atoms with van der Waals surface area (Å²) in [6, 6.07) is 72.8. The summed E-state index contributed by atoms with van der Waals surface area (Å²) in [4.78, 5) is 2.55. The first-order valence-electron chi connectivity index (χ1n) is 22.1. The number of anilines is 3. The van der Waals surface area contributed by atoms with Crippen molar-refractivity contribution in [3.05, 3.63) is 205 Å². The van der Waals surface area contributed by atoms with E-state index in [9.17, 15) is 0 Å². The summed E-state index contributed by atoms with van der Waals surface area (Å²) in [6.45, 7) is 0. The van der Waals surface area contributed by atoms with Gasteiger partial charge in [0.1, 0.15) is 0 Å². The molecule has 4 fully saturated rings. The van der Waals surface area contributed by atoms with Gasteiger partial charge in [0.15, 0.2) is 0 Å². The monoisotopic (exact) mass is 770 g/mol. The molecule has 5 aliphatic carbocycles. The standard InChI is InChI=1S/C58H46N2/c1-4-14-40(15-5-1)42-24-28-56(50(35-42)41-16-6-2-7-17-41)59(47-26-29-57-52(37-47)49-21-11-13-23-55(49)60(57)45-18-8-3-9-19-45)46-25-27-54-51(36-46)48-20-10-12-22-53(48)58(54)43-31-38-30-39(33-43)34-44(58)32-38/h1-29,35-39,43-44H,30-34H2. The van der Waals surface area contributed by atoms with E-state index < -0.39 is 0 Å². The molecular weight excluding hydrogens is 725 g/mol. The highest BCUT2D eigenvalue weighted by molar-refractivity contribution is 6.11. The Hall–Kier alpha value is -6.64. The second-order valence-electron chi connectivity index (χ2n) is 18.1. The van der Waals surface area contributed by atoms with Crippen LogP contribution in [0.25, 0.3) is 60.9 Å². The largest absolute Gasteiger partial charge is 0.310 e. The van der Waals surface area contributed by atoms with Crippen LogP contribution < -0.4 is 4.90 Å². The predicted octanol–water partition coefficient (Wildman–Crippen LogP) is 15.3. The molecule has 0 atom stereocenters. The number of nitrogens with zero attached hydrogens (tertiary/aromatic N) is 2. The molecule has 4 saturated carbocycles. The number of rotatable bonds is 6. The molecule has 0 saturated heterocycles. The zero-order chi connectivity index (χ0) is 39.4. The maximum Gasteiger partial charge on any atom is 0.0542 e. The first-order valence-corrected chi connectivity index (χ1v) is 22.1. The van der Waals surface area contributed by atoms with Crippen molar-refractivity contribution < 1.29 is 0 Å². The highest BCUT2D eigenvalue weighted by atomic mass is 15.1. The molecule has 0 radical (unpaired) electrons. The number of hydrogen-bond donors (Lipinski definition) is 0. The number of fused-ring (bicyclic) bond motifs is 6. The molecule has 1 heterocycles. The molecule has 2 heteroatoms. The van der Waals surface area contributed by atoms with Crippen LogP contribution in [0.5, 0.6) is 0 Å². The molecule has 60 heavy (non-hydrogen) atoms. The molecule has 5 aliphatic rings. The predicted molar refractivity (Wildman–Crippen MR) is 250 cm³/mol. The fourth-order valence-electron chi connectivity index (χ4n) is 13.1. The van der Waals surface area contributed by atoms with Gasteiger partial charge >= 0.3 is 0 Å². The van der Waals surface area contributed by atoms with Gasteiger partial charge in [-0.25, -0.2) is 0 Å². The third-order valence-corrected chi connectivity index (χ3v) is 15.2. The molecule has 4 bridgehead atoms. The number of hydrogen-bond acceptors (Lipinski definition) is 1. The highest BCUT2D eigenvalue weighted by Crippen LogP contribution is 2.69. The van der Waals surface area contributed by atoms with Gasteiger partial charge in [0, 0.05) is 38.8 Å². The topological polar surface area (TPSA) is 8.17 Å². The van der Waals surface area contributed by atoms with Crippen molar-refractivity contribution in [3.63, 3.8) is 0 Å². The first-order chi connectivity index (χ1) is 29.7. The van der Waals surface area contributed by atoms with Gasteiger partial charge in [-0.05, 0) is 155 Å². The summed E-state index contributed by atoms with van der Waals surface area (Å²) in [5.41, 5.74) is 18.2. The molecule has 288 valence electrons. The van der Waals surface area contributed by atoms with Crippen LogP contribution in [-0.4, -0.2) is 4.57 Å². The highest BCUT2D eigenvalue weighted by Gasteiger charge is 2.61. The molecule has 2 nitrogen and oxygen atoms in total. The van der Waals surface area contributed by atoms with Crippen LogP contribution in [0.4, 0.5) is 17.1 Å². The SMILES string of the molecule is c1ccc(-c2ccc(N(c3ccc4c(c3)-c3ccccc3C43C4CC5CC(C4)CC3C5)c3ccc4c(c3)c3ccccc3n4-c3ccccc3)c(-c3ccccc3)c2)cc1. The Kier molecular flexibility index (Phi) is 7.52. The van der Waals surface area contributed by atoms with Gasteiger partial charge in [-0.1, -0.05) is 133 Å². The molecular formula is C58H46N2. The van der Waals surface area contributed by atoms with Crippen molar-refractivity contribution in [1.29, 1.82) is 0 Å². The van der Waals surface area contributed by atoms with Gasteiger partial charge < -0.3 is 9.47 Å². The van der Waals surface area contributed by atoms with Crippen LogP contribution in [0.1, 0.15) is 43.2 Å². The lowest BCUT2D eigenvalue weighted by atomic mass is 9.43. The third kappa shape index (κ3) is 4.94. The molecule has 8 aromatic carbocycles. The molecule has 9 aromatic rings. The Morgan fingerprint density at radius 2 is 1.00 bits per heavy atom. The Balaban J connectivity index is 1.06. The summed E-state index contributed by atoms with van der Waals surface area (Å²) >= 11 is 0. The van der Waals surface area contributed by atoms with E-state index in [2.05, 4.69) is 204 Å². The quantitative estimate of drug-likeness (QED) is 0.163. The van der Waals surface area contributed by atoms with Crippen molar-refractivity contribution in [2.24, 2.45) is 23.7 Å². The van der Waals surface area contributed by atoms with Crippen LogP contribution in [0.15, 0.2) is 194 Å². The third-order valence-electron chi connectivity index (χ3n) is 15.2. The number of para-hydroxylation sites is 2. The molecule has 0 N–H and O–H groups in total. The summed E-state index contributed by atoms with van der Waals surface area (Å²) in [6.07, 6.45) is 7.02. The first kappa shape index (κ1) is 34.2. The van der Waals surface area contributed by atoms with Crippen LogP contribution in [0.3, 0.4) is 0 Å². The van der Waals surface area contributed by atoms with E-state index in [1.807, 2.05) is 0 Å². The number of benzene rings is 8. The average molecular weight is 771 g/mol. The number of aromatic nitrogens is 1. The van der Waals surface area contributed by atoms with E-state index in [-0.39, 0.29) is 5.41 Å². The Labute approximate surface area is 352 Å². The van der Waals surface area contributed by atoms with Crippen LogP contribution >= 0.6 is 0 Å². The second-order valence-corrected chi connectivity index (χ2v) is 18.1. The molecule has 14 rings (SSSR count). The second kappa shape index (κ2) is 13.2. The van der Waals surface area contributed by atoms with Crippen molar-refractivity contribution in [1.82, 2.24) is 4.57 Å². The van der Waals surface area contributed by atoms with E-state index in [4.69, 9.17) is 0 Å². The maximum atomic E-state index is 2.57.